The Morgan fingerprint density at radius 1 is 1.26 bits per heavy atom. The second-order valence-corrected chi connectivity index (χ2v) is 7.40. The van der Waals surface area contributed by atoms with Crippen molar-refractivity contribution in [2.75, 3.05) is 13.2 Å². The van der Waals surface area contributed by atoms with E-state index >= 15 is 0 Å². The number of hydrogen-bond donors (Lipinski definition) is 2. The maximum Gasteiger partial charge on any atom is 0.0898 e. The smallest absolute Gasteiger partial charge is 0.0898 e. The van der Waals surface area contributed by atoms with E-state index in [-0.39, 0.29) is 6.10 Å². The summed E-state index contributed by atoms with van der Waals surface area (Å²) in [4.78, 5) is 0. The molecule has 1 fully saturated rings. The van der Waals surface area contributed by atoms with Gasteiger partial charge in [-0.1, -0.05) is 50.4 Å². The second-order valence-electron chi connectivity index (χ2n) is 6.96. The van der Waals surface area contributed by atoms with Crippen LogP contribution in [0.3, 0.4) is 0 Å². The minimum absolute atomic E-state index is 0.0458. The van der Waals surface area contributed by atoms with Crippen LogP contribution in [0.15, 0.2) is 24.3 Å². The standard InChI is InChI=1S/C19H30ClNO2/c1-13-5-4-6-19(14(13)2)21-11-18(22)12-23-15(3)16-7-9-17(20)10-8-16/h7-10,13-15,18-19,21-22H,4-6,11-12H2,1-3H3/t13-,14-,15+,18+,19-/m1/s1. The molecule has 0 amide bonds. The van der Waals surface area contributed by atoms with Crippen molar-refractivity contribution in [3.63, 3.8) is 0 Å². The molecule has 5 atom stereocenters. The van der Waals surface area contributed by atoms with Gasteiger partial charge in [0, 0.05) is 17.6 Å². The molecule has 1 aromatic rings. The summed E-state index contributed by atoms with van der Waals surface area (Å²) in [5.74, 6) is 1.43. The summed E-state index contributed by atoms with van der Waals surface area (Å²) < 4.78 is 5.78. The molecule has 23 heavy (non-hydrogen) atoms. The molecule has 0 aromatic heterocycles. The molecular formula is C19H30ClNO2. The van der Waals surface area contributed by atoms with Crippen LogP contribution in [0.4, 0.5) is 0 Å². The monoisotopic (exact) mass is 339 g/mol. The third-order valence-electron chi connectivity index (χ3n) is 5.20. The number of benzene rings is 1. The molecule has 1 saturated carbocycles. The van der Waals surface area contributed by atoms with E-state index in [1.807, 2.05) is 31.2 Å². The average Bonchev–Trinajstić information content (AvgIpc) is 2.54. The molecule has 3 nitrogen and oxygen atoms in total. The number of hydrogen-bond acceptors (Lipinski definition) is 3. The van der Waals surface area contributed by atoms with E-state index in [1.165, 1.54) is 19.3 Å². The number of halogens is 1. The molecule has 2 N–H and O–H groups in total. The Bertz CT molecular complexity index is 465. The largest absolute Gasteiger partial charge is 0.389 e. The Labute approximate surface area is 145 Å². The van der Waals surface area contributed by atoms with Crippen LogP contribution in [-0.2, 0) is 4.74 Å². The average molecular weight is 340 g/mol. The quantitative estimate of drug-likeness (QED) is 0.782. The predicted octanol–water partition coefficient (Wildman–Crippen LogP) is 4.19. The third kappa shape index (κ3) is 5.75. The maximum atomic E-state index is 10.2. The lowest BCUT2D eigenvalue weighted by atomic mass is 9.78. The van der Waals surface area contributed by atoms with E-state index < -0.39 is 6.10 Å². The first-order valence-electron chi connectivity index (χ1n) is 8.76. The van der Waals surface area contributed by atoms with Crippen molar-refractivity contribution in [1.82, 2.24) is 5.32 Å². The van der Waals surface area contributed by atoms with E-state index in [0.717, 1.165) is 16.5 Å². The van der Waals surface area contributed by atoms with Gasteiger partial charge >= 0.3 is 0 Å². The Morgan fingerprint density at radius 3 is 2.65 bits per heavy atom. The summed E-state index contributed by atoms with van der Waals surface area (Å²) in [6, 6.07) is 8.16. The zero-order valence-corrected chi connectivity index (χ0v) is 15.2. The topological polar surface area (TPSA) is 41.5 Å². The van der Waals surface area contributed by atoms with Crippen molar-refractivity contribution in [2.24, 2.45) is 11.8 Å². The molecule has 1 aromatic carbocycles. The van der Waals surface area contributed by atoms with Crippen molar-refractivity contribution in [2.45, 2.75) is 58.3 Å². The van der Waals surface area contributed by atoms with Crippen molar-refractivity contribution < 1.29 is 9.84 Å². The van der Waals surface area contributed by atoms with Gasteiger partial charge in [-0.05, 0) is 42.9 Å². The normalized spacial score (nSPS) is 27.6. The van der Waals surface area contributed by atoms with Crippen molar-refractivity contribution in [3.8, 4) is 0 Å². The first-order valence-corrected chi connectivity index (χ1v) is 9.13. The highest BCUT2D eigenvalue weighted by Gasteiger charge is 2.27. The van der Waals surface area contributed by atoms with Gasteiger partial charge in [0.1, 0.15) is 0 Å². The number of aliphatic hydroxyl groups excluding tert-OH is 1. The van der Waals surface area contributed by atoms with Gasteiger partial charge in [-0.15, -0.1) is 0 Å². The fraction of sp³-hybridized carbons (Fsp3) is 0.684. The van der Waals surface area contributed by atoms with Crippen LogP contribution >= 0.6 is 11.6 Å². The van der Waals surface area contributed by atoms with Gasteiger partial charge < -0.3 is 15.2 Å². The Kier molecular flexibility index (Phi) is 7.35. The Hall–Kier alpha value is -0.610. The summed E-state index contributed by atoms with van der Waals surface area (Å²) in [6.07, 6.45) is 3.29. The van der Waals surface area contributed by atoms with E-state index in [2.05, 4.69) is 19.2 Å². The first-order chi connectivity index (χ1) is 11.0. The van der Waals surface area contributed by atoms with Crippen LogP contribution in [-0.4, -0.2) is 30.4 Å². The highest BCUT2D eigenvalue weighted by Crippen LogP contribution is 2.29. The summed E-state index contributed by atoms with van der Waals surface area (Å²) >= 11 is 5.89. The lowest BCUT2D eigenvalue weighted by Crippen LogP contribution is -2.44. The van der Waals surface area contributed by atoms with Gasteiger partial charge in [-0.25, -0.2) is 0 Å². The molecule has 0 heterocycles. The van der Waals surface area contributed by atoms with Gasteiger partial charge in [0.2, 0.25) is 0 Å². The molecule has 0 saturated heterocycles. The van der Waals surface area contributed by atoms with E-state index in [0.29, 0.717) is 25.1 Å². The van der Waals surface area contributed by atoms with Gasteiger partial charge in [0.15, 0.2) is 0 Å². The highest BCUT2D eigenvalue weighted by molar-refractivity contribution is 6.30. The summed E-state index contributed by atoms with van der Waals surface area (Å²) in [5, 5.41) is 14.4. The van der Waals surface area contributed by atoms with Crippen LogP contribution in [0.5, 0.6) is 0 Å². The van der Waals surface area contributed by atoms with Crippen LogP contribution in [0.25, 0.3) is 0 Å². The minimum atomic E-state index is -0.478. The van der Waals surface area contributed by atoms with E-state index in [4.69, 9.17) is 16.3 Å². The Morgan fingerprint density at radius 2 is 1.96 bits per heavy atom. The fourth-order valence-corrected chi connectivity index (χ4v) is 3.43. The zero-order chi connectivity index (χ0) is 16.8. The van der Waals surface area contributed by atoms with Crippen molar-refractivity contribution in [3.05, 3.63) is 34.9 Å². The van der Waals surface area contributed by atoms with Crippen LogP contribution < -0.4 is 5.32 Å². The highest BCUT2D eigenvalue weighted by atomic mass is 35.5. The zero-order valence-electron chi connectivity index (χ0n) is 14.5. The van der Waals surface area contributed by atoms with Crippen molar-refractivity contribution in [1.29, 1.82) is 0 Å². The lowest BCUT2D eigenvalue weighted by molar-refractivity contribution is -0.00441. The summed E-state index contributed by atoms with van der Waals surface area (Å²) in [6.45, 7) is 7.57. The Balaban J connectivity index is 1.70. The summed E-state index contributed by atoms with van der Waals surface area (Å²) in [7, 11) is 0. The number of aliphatic hydroxyl groups is 1. The number of rotatable bonds is 7. The number of nitrogens with one attached hydrogen (secondary N) is 1. The first kappa shape index (κ1) is 18.7. The molecular weight excluding hydrogens is 310 g/mol. The predicted molar refractivity (Wildman–Crippen MR) is 95.8 cm³/mol. The third-order valence-corrected chi connectivity index (χ3v) is 5.45. The van der Waals surface area contributed by atoms with Gasteiger partial charge in [0.05, 0.1) is 18.8 Å². The van der Waals surface area contributed by atoms with Gasteiger partial charge in [-0.3, -0.25) is 0 Å². The molecule has 0 bridgehead atoms. The van der Waals surface area contributed by atoms with E-state index in [1.54, 1.807) is 0 Å². The molecule has 0 unspecified atom stereocenters. The molecule has 0 aliphatic heterocycles. The summed E-state index contributed by atoms with van der Waals surface area (Å²) in [5.41, 5.74) is 1.07. The van der Waals surface area contributed by atoms with Crippen LogP contribution in [0.2, 0.25) is 5.02 Å². The SMILES string of the molecule is C[C@@H]1[C@H](C)CCC[C@H]1NC[C@H](O)CO[C@@H](C)c1ccc(Cl)cc1. The lowest BCUT2D eigenvalue weighted by Gasteiger charge is -2.35. The van der Waals surface area contributed by atoms with E-state index in [9.17, 15) is 5.11 Å². The molecule has 1 aliphatic rings. The van der Waals surface area contributed by atoms with Gasteiger partial charge in [-0.2, -0.15) is 0 Å². The molecule has 2 rings (SSSR count). The fourth-order valence-electron chi connectivity index (χ4n) is 3.30. The molecule has 130 valence electrons. The molecule has 1 aliphatic carbocycles. The molecule has 4 heteroatoms. The molecule has 0 radical (unpaired) electrons. The number of ether oxygens (including phenoxy) is 1. The minimum Gasteiger partial charge on any atom is -0.389 e. The molecule has 0 spiro atoms. The van der Waals surface area contributed by atoms with Crippen molar-refractivity contribution >= 4 is 11.6 Å². The van der Waals surface area contributed by atoms with Crippen LogP contribution in [0, 0.1) is 11.8 Å². The maximum absolute atomic E-state index is 10.2. The van der Waals surface area contributed by atoms with Crippen LogP contribution in [0.1, 0.15) is 51.7 Å². The second kappa shape index (κ2) is 9.03. The van der Waals surface area contributed by atoms with Gasteiger partial charge in [0.25, 0.3) is 0 Å².